The summed E-state index contributed by atoms with van der Waals surface area (Å²) in [6.07, 6.45) is 2.62. The molecule has 1 aliphatic carbocycles. The quantitative estimate of drug-likeness (QED) is 0.648. The van der Waals surface area contributed by atoms with Gasteiger partial charge in [-0.2, -0.15) is 0 Å². The molecule has 0 radical (unpaired) electrons. The van der Waals surface area contributed by atoms with Crippen LogP contribution in [-0.4, -0.2) is 19.8 Å². The first kappa shape index (κ1) is 9.21. The predicted octanol–water partition coefficient (Wildman–Crippen LogP) is 0.792. The number of rotatable bonds is 3. The normalized spacial score (nSPS) is 20.7. The van der Waals surface area contributed by atoms with Crippen LogP contribution in [0.1, 0.15) is 12.8 Å². The van der Waals surface area contributed by atoms with Gasteiger partial charge in [0.05, 0.1) is 6.61 Å². The van der Waals surface area contributed by atoms with Crippen molar-refractivity contribution in [1.82, 2.24) is 0 Å². The number of halogens is 1. The minimum Gasteiger partial charge on any atom is -0.383 e. The summed E-state index contributed by atoms with van der Waals surface area (Å²) in [6, 6.07) is 0.306. The minimum atomic E-state index is 0. The molecule has 2 nitrogen and oxygen atoms in total. The highest BCUT2D eigenvalue weighted by atomic mass is 35.5. The fourth-order valence-electron chi connectivity index (χ4n) is 0.853. The molecule has 1 atom stereocenters. The van der Waals surface area contributed by atoms with Crippen molar-refractivity contribution in [3.05, 3.63) is 0 Å². The minimum absolute atomic E-state index is 0. The molecule has 1 fully saturated rings. The van der Waals surface area contributed by atoms with Crippen LogP contribution in [0.5, 0.6) is 0 Å². The van der Waals surface area contributed by atoms with Gasteiger partial charge in [-0.05, 0) is 18.8 Å². The average molecular weight is 152 g/mol. The first-order valence-corrected chi connectivity index (χ1v) is 3.09. The molecule has 0 bridgehead atoms. The lowest BCUT2D eigenvalue weighted by atomic mass is 10.2. The summed E-state index contributed by atoms with van der Waals surface area (Å²) >= 11 is 0. The Labute approximate surface area is 62.2 Å². The molecule has 0 aromatic rings. The molecule has 0 spiro atoms. The predicted molar refractivity (Wildman–Crippen MR) is 39.8 cm³/mol. The van der Waals surface area contributed by atoms with Crippen molar-refractivity contribution in [1.29, 1.82) is 0 Å². The fraction of sp³-hybridized carbons (Fsp3) is 1.00. The van der Waals surface area contributed by atoms with Gasteiger partial charge in [-0.1, -0.05) is 0 Å². The molecule has 3 heteroatoms. The van der Waals surface area contributed by atoms with Gasteiger partial charge in [0.25, 0.3) is 0 Å². The van der Waals surface area contributed by atoms with E-state index in [9.17, 15) is 0 Å². The summed E-state index contributed by atoms with van der Waals surface area (Å²) in [5.74, 6) is 0.773. The molecule has 9 heavy (non-hydrogen) atoms. The largest absolute Gasteiger partial charge is 0.383 e. The van der Waals surface area contributed by atoms with Gasteiger partial charge in [0.1, 0.15) is 0 Å². The van der Waals surface area contributed by atoms with E-state index in [2.05, 4.69) is 0 Å². The Morgan fingerprint density at radius 2 is 2.22 bits per heavy atom. The maximum Gasteiger partial charge on any atom is 0.0616 e. The van der Waals surface area contributed by atoms with Crippen molar-refractivity contribution in [2.24, 2.45) is 11.7 Å². The zero-order valence-electron chi connectivity index (χ0n) is 5.67. The second-order valence-corrected chi connectivity index (χ2v) is 2.46. The monoisotopic (exact) mass is 151 g/mol. The van der Waals surface area contributed by atoms with Crippen molar-refractivity contribution in [3.63, 3.8) is 0 Å². The standard InChI is InChI=1S/C6H13NO.ClH/c1-8-4-6(7)5-2-3-5;/h5-6H,2-4,7H2,1H3;1H/t6-;/m1./s1. The first-order valence-electron chi connectivity index (χ1n) is 3.09. The Morgan fingerprint density at radius 1 is 1.67 bits per heavy atom. The summed E-state index contributed by atoms with van der Waals surface area (Å²) < 4.78 is 4.88. The van der Waals surface area contributed by atoms with Crippen LogP contribution in [-0.2, 0) is 4.74 Å². The maximum absolute atomic E-state index is 5.66. The Kier molecular flexibility index (Phi) is 4.19. The number of methoxy groups -OCH3 is 1. The van der Waals surface area contributed by atoms with Crippen molar-refractivity contribution >= 4 is 12.4 Å². The van der Waals surface area contributed by atoms with Crippen LogP contribution < -0.4 is 5.73 Å². The second-order valence-electron chi connectivity index (χ2n) is 2.46. The summed E-state index contributed by atoms with van der Waals surface area (Å²) in [5.41, 5.74) is 5.66. The lowest BCUT2D eigenvalue weighted by Gasteiger charge is -2.06. The van der Waals surface area contributed by atoms with E-state index < -0.39 is 0 Å². The zero-order chi connectivity index (χ0) is 5.98. The van der Waals surface area contributed by atoms with Gasteiger partial charge < -0.3 is 10.5 Å². The Morgan fingerprint density at radius 3 is 2.56 bits per heavy atom. The molecule has 0 amide bonds. The molecule has 1 aliphatic rings. The molecule has 0 aromatic heterocycles. The first-order chi connectivity index (χ1) is 3.84. The van der Waals surface area contributed by atoms with E-state index in [0.717, 1.165) is 12.5 Å². The lowest BCUT2D eigenvalue weighted by Crippen LogP contribution is -2.27. The third-order valence-corrected chi connectivity index (χ3v) is 1.59. The van der Waals surface area contributed by atoms with Crippen molar-refractivity contribution < 1.29 is 4.74 Å². The molecule has 0 heterocycles. The van der Waals surface area contributed by atoms with Crippen LogP contribution >= 0.6 is 12.4 Å². The van der Waals surface area contributed by atoms with E-state index in [4.69, 9.17) is 10.5 Å². The van der Waals surface area contributed by atoms with Crippen molar-refractivity contribution in [2.45, 2.75) is 18.9 Å². The highest BCUT2D eigenvalue weighted by Gasteiger charge is 2.27. The van der Waals surface area contributed by atoms with Gasteiger partial charge in [0, 0.05) is 13.2 Å². The van der Waals surface area contributed by atoms with Gasteiger partial charge in [0.2, 0.25) is 0 Å². The van der Waals surface area contributed by atoms with Crippen LogP contribution in [0.25, 0.3) is 0 Å². The van der Waals surface area contributed by atoms with E-state index in [1.165, 1.54) is 12.8 Å². The van der Waals surface area contributed by atoms with E-state index in [1.807, 2.05) is 0 Å². The van der Waals surface area contributed by atoms with Gasteiger partial charge in [-0.3, -0.25) is 0 Å². The van der Waals surface area contributed by atoms with Gasteiger partial charge in [-0.15, -0.1) is 12.4 Å². The molecule has 0 aliphatic heterocycles. The smallest absolute Gasteiger partial charge is 0.0616 e. The Bertz CT molecular complexity index is 75.5. The SMILES string of the molecule is COC[C@@H](N)C1CC1.Cl. The molecule has 2 N–H and O–H groups in total. The molecule has 0 unspecified atom stereocenters. The fourth-order valence-corrected chi connectivity index (χ4v) is 0.853. The highest BCUT2D eigenvalue weighted by Crippen LogP contribution is 2.31. The van der Waals surface area contributed by atoms with Crippen molar-refractivity contribution in [3.8, 4) is 0 Å². The third kappa shape index (κ3) is 3.04. The van der Waals surface area contributed by atoms with Crippen LogP contribution in [0.15, 0.2) is 0 Å². The topological polar surface area (TPSA) is 35.2 Å². The second kappa shape index (κ2) is 4.09. The average Bonchev–Trinajstić information content (AvgIpc) is 2.45. The number of hydrogen-bond acceptors (Lipinski definition) is 2. The molecule has 1 rings (SSSR count). The van der Waals surface area contributed by atoms with Crippen molar-refractivity contribution in [2.75, 3.05) is 13.7 Å². The molecular weight excluding hydrogens is 138 g/mol. The van der Waals surface area contributed by atoms with Gasteiger partial charge in [0.15, 0.2) is 0 Å². The highest BCUT2D eigenvalue weighted by molar-refractivity contribution is 5.85. The van der Waals surface area contributed by atoms with Crippen LogP contribution in [0.3, 0.4) is 0 Å². The number of hydrogen-bond donors (Lipinski definition) is 1. The molecule has 56 valence electrons. The zero-order valence-corrected chi connectivity index (χ0v) is 6.49. The molecular formula is C6H14ClNO. The van der Waals surface area contributed by atoms with E-state index in [0.29, 0.717) is 6.04 Å². The van der Waals surface area contributed by atoms with Crippen LogP contribution in [0.4, 0.5) is 0 Å². The van der Waals surface area contributed by atoms with Gasteiger partial charge in [-0.25, -0.2) is 0 Å². The third-order valence-electron chi connectivity index (χ3n) is 1.59. The number of ether oxygens (including phenoxy) is 1. The Balaban J connectivity index is 0.000000640. The lowest BCUT2D eigenvalue weighted by molar-refractivity contribution is 0.173. The summed E-state index contributed by atoms with van der Waals surface area (Å²) in [7, 11) is 1.70. The van der Waals surface area contributed by atoms with Gasteiger partial charge >= 0.3 is 0 Å². The van der Waals surface area contributed by atoms with Crippen LogP contribution in [0.2, 0.25) is 0 Å². The van der Waals surface area contributed by atoms with E-state index in [1.54, 1.807) is 7.11 Å². The van der Waals surface area contributed by atoms with E-state index >= 15 is 0 Å². The summed E-state index contributed by atoms with van der Waals surface area (Å²) in [6.45, 7) is 0.727. The summed E-state index contributed by atoms with van der Waals surface area (Å²) in [4.78, 5) is 0. The summed E-state index contributed by atoms with van der Waals surface area (Å²) in [5, 5.41) is 0. The maximum atomic E-state index is 5.66. The number of nitrogens with two attached hydrogens (primary N) is 1. The molecule has 0 aromatic carbocycles. The van der Waals surface area contributed by atoms with Crippen LogP contribution in [0, 0.1) is 5.92 Å². The Hall–Kier alpha value is 0.210. The molecule has 1 saturated carbocycles. The molecule has 0 saturated heterocycles. The van der Waals surface area contributed by atoms with E-state index in [-0.39, 0.29) is 12.4 Å².